The molecule has 4 bridgehead atoms. The van der Waals surface area contributed by atoms with Gasteiger partial charge in [0.15, 0.2) is 0 Å². The molecular weight excluding hydrogens is 158 g/mol. The average molecular weight is 179 g/mol. The van der Waals surface area contributed by atoms with Crippen LogP contribution in [0.1, 0.15) is 39.5 Å². The highest BCUT2D eigenvalue weighted by Gasteiger charge is 2.55. The topological polar surface area (TPSA) is 26.0 Å². The molecule has 3 unspecified atom stereocenters. The lowest BCUT2D eigenvalue weighted by atomic mass is 9.46. The van der Waals surface area contributed by atoms with E-state index >= 15 is 0 Å². The van der Waals surface area contributed by atoms with E-state index in [2.05, 4.69) is 13.8 Å². The van der Waals surface area contributed by atoms with Gasteiger partial charge in [-0.2, -0.15) is 0 Å². The Morgan fingerprint density at radius 2 is 1.54 bits per heavy atom. The highest BCUT2D eigenvalue weighted by atomic mass is 14.8. The Morgan fingerprint density at radius 1 is 1.00 bits per heavy atom. The van der Waals surface area contributed by atoms with Gasteiger partial charge in [0, 0.05) is 5.54 Å². The predicted octanol–water partition coefficient (Wildman–Crippen LogP) is 2.41. The Bertz CT molecular complexity index is 219. The Morgan fingerprint density at radius 3 is 2.00 bits per heavy atom. The second-order valence-corrected chi connectivity index (χ2v) is 6.04. The third-order valence-electron chi connectivity index (χ3n) is 5.60. The number of hydrogen-bond donors (Lipinski definition) is 1. The number of nitrogens with two attached hydrogens (primary N) is 1. The fourth-order valence-electron chi connectivity index (χ4n) is 4.54. The summed E-state index contributed by atoms with van der Waals surface area (Å²) in [7, 11) is 0. The molecule has 1 heteroatoms. The number of rotatable bonds is 0. The van der Waals surface area contributed by atoms with E-state index in [1.807, 2.05) is 0 Å². The van der Waals surface area contributed by atoms with Crippen LogP contribution in [0.25, 0.3) is 0 Å². The van der Waals surface area contributed by atoms with Crippen molar-refractivity contribution in [2.45, 2.75) is 45.1 Å². The summed E-state index contributed by atoms with van der Waals surface area (Å²) >= 11 is 0. The molecule has 0 heterocycles. The van der Waals surface area contributed by atoms with E-state index in [0.717, 1.165) is 29.6 Å². The highest BCUT2D eigenvalue weighted by molar-refractivity contribution is 5.09. The maximum atomic E-state index is 6.53. The van der Waals surface area contributed by atoms with Crippen molar-refractivity contribution in [1.29, 1.82) is 0 Å². The van der Waals surface area contributed by atoms with Crippen LogP contribution in [0.3, 0.4) is 0 Å². The van der Waals surface area contributed by atoms with Crippen molar-refractivity contribution in [3.63, 3.8) is 0 Å². The molecular formula is C12H21N. The molecule has 4 rings (SSSR count). The van der Waals surface area contributed by atoms with Crippen LogP contribution in [0, 0.1) is 29.6 Å². The minimum absolute atomic E-state index is 0.239. The Balaban J connectivity index is 1.97. The van der Waals surface area contributed by atoms with Crippen LogP contribution in [0.2, 0.25) is 0 Å². The maximum absolute atomic E-state index is 6.53. The summed E-state index contributed by atoms with van der Waals surface area (Å²) in [5, 5.41) is 0. The molecule has 0 aliphatic heterocycles. The molecule has 2 N–H and O–H groups in total. The van der Waals surface area contributed by atoms with E-state index in [9.17, 15) is 0 Å². The van der Waals surface area contributed by atoms with E-state index in [4.69, 9.17) is 5.73 Å². The highest BCUT2D eigenvalue weighted by Crippen LogP contribution is 2.59. The number of hydrogen-bond acceptors (Lipinski definition) is 1. The van der Waals surface area contributed by atoms with Crippen molar-refractivity contribution < 1.29 is 0 Å². The molecule has 0 aromatic rings. The van der Waals surface area contributed by atoms with Gasteiger partial charge >= 0.3 is 0 Å². The summed E-state index contributed by atoms with van der Waals surface area (Å²) in [5.74, 6) is 4.68. The van der Waals surface area contributed by atoms with Crippen LogP contribution in [0.5, 0.6) is 0 Å². The van der Waals surface area contributed by atoms with Gasteiger partial charge in [-0.05, 0) is 55.3 Å². The fourth-order valence-corrected chi connectivity index (χ4v) is 4.54. The van der Waals surface area contributed by atoms with Crippen molar-refractivity contribution in [2.75, 3.05) is 0 Å². The van der Waals surface area contributed by atoms with Crippen LogP contribution in [-0.2, 0) is 0 Å². The van der Waals surface area contributed by atoms with Crippen LogP contribution < -0.4 is 5.73 Å². The molecule has 4 aliphatic carbocycles. The third kappa shape index (κ3) is 0.918. The summed E-state index contributed by atoms with van der Waals surface area (Å²) in [6.07, 6.45) is 5.61. The molecule has 0 aromatic carbocycles. The lowest BCUT2D eigenvalue weighted by Crippen LogP contribution is -2.63. The molecule has 4 saturated carbocycles. The first-order valence-corrected chi connectivity index (χ1v) is 5.89. The third-order valence-corrected chi connectivity index (χ3v) is 5.60. The monoisotopic (exact) mass is 179 g/mol. The van der Waals surface area contributed by atoms with Crippen molar-refractivity contribution in [2.24, 2.45) is 35.3 Å². The molecule has 0 aromatic heterocycles. The van der Waals surface area contributed by atoms with Gasteiger partial charge in [-0.15, -0.1) is 0 Å². The van der Waals surface area contributed by atoms with Crippen molar-refractivity contribution in [3.05, 3.63) is 0 Å². The largest absolute Gasteiger partial charge is 0.325 e. The molecule has 0 spiro atoms. The Kier molecular flexibility index (Phi) is 1.47. The molecule has 0 amide bonds. The van der Waals surface area contributed by atoms with Gasteiger partial charge in [0.2, 0.25) is 0 Å². The molecule has 74 valence electrons. The minimum atomic E-state index is 0.239. The van der Waals surface area contributed by atoms with Crippen molar-refractivity contribution in [1.82, 2.24) is 0 Å². The van der Waals surface area contributed by atoms with E-state index in [-0.39, 0.29) is 5.54 Å². The lowest BCUT2D eigenvalue weighted by Gasteiger charge is -2.61. The lowest BCUT2D eigenvalue weighted by molar-refractivity contribution is -0.0833. The maximum Gasteiger partial charge on any atom is 0.0188 e. The van der Waals surface area contributed by atoms with Crippen LogP contribution in [-0.4, -0.2) is 5.54 Å². The molecule has 4 fully saturated rings. The summed E-state index contributed by atoms with van der Waals surface area (Å²) in [6.45, 7) is 4.86. The summed E-state index contributed by atoms with van der Waals surface area (Å²) < 4.78 is 0. The molecule has 0 saturated heterocycles. The molecule has 3 atom stereocenters. The van der Waals surface area contributed by atoms with Gasteiger partial charge in [0.25, 0.3) is 0 Å². The van der Waals surface area contributed by atoms with Crippen LogP contribution in [0.15, 0.2) is 0 Å². The Labute approximate surface area is 81.1 Å². The zero-order valence-electron chi connectivity index (χ0n) is 8.79. The average Bonchev–Trinajstić information content (AvgIpc) is 2.05. The zero-order valence-corrected chi connectivity index (χ0v) is 8.79. The van der Waals surface area contributed by atoms with Crippen LogP contribution in [0.4, 0.5) is 0 Å². The van der Waals surface area contributed by atoms with E-state index in [1.165, 1.54) is 25.7 Å². The normalized spacial score (nSPS) is 64.4. The van der Waals surface area contributed by atoms with Gasteiger partial charge in [0.1, 0.15) is 0 Å². The zero-order chi connectivity index (χ0) is 9.22. The molecule has 4 aliphatic rings. The van der Waals surface area contributed by atoms with Gasteiger partial charge in [0.05, 0.1) is 0 Å². The standard InChI is InChI=1S/C12H21N/c1-7-10-3-9-4-11(7)6-12(13,5-10)8(9)2/h7-11H,3-6,13H2,1-2H3. The summed E-state index contributed by atoms with van der Waals surface area (Å²) in [6, 6.07) is 0. The first-order valence-electron chi connectivity index (χ1n) is 5.89. The fraction of sp³-hybridized carbons (Fsp3) is 1.00. The first kappa shape index (κ1) is 8.28. The van der Waals surface area contributed by atoms with E-state index < -0.39 is 0 Å². The predicted molar refractivity (Wildman–Crippen MR) is 54.2 cm³/mol. The molecule has 1 nitrogen and oxygen atoms in total. The quantitative estimate of drug-likeness (QED) is 0.607. The van der Waals surface area contributed by atoms with Gasteiger partial charge in [-0.3, -0.25) is 0 Å². The smallest absolute Gasteiger partial charge is 0.0188 e. The Hall–Kier alpha value is -0.0400. The summed E-state index contributed by atoms with van der Waals surface area (Å²) in [4.78, 5) is 0. The minimum Gasteiger partial charge on any atom is -0.325 e. The van der Waals surface area contributed by atoms with Crippen molar-refractivity contribution >= 4 is 0 Å². The molecule has 0 radical (unpaired) electrons. The second kappa shape index (κ2) is 2.31. The van der Waals surface area contributed by atoms with E-state index in [0.29, 0.717) is 0 Å². The first-order chi connectivity index (χ1) is 6.10. The van der Waals surface area contributed by atoms with Crippen LogP contribution >= 0.6 is 0 Å². The summed E-state index contributed by atoms with van der Waals surface area (Å²) in [5.41, 5.74) is 6.77. The molecule has 13 heavy (non-hydrogen) atoms. The van der Waals surface area contributed by atoms with Gasteiger partial charge in [-0.1, -0.05) is 13.8 Å². The second-order valence-electron chi connectivity index (χ2n) is 6.04. The van der Waals surface area contributed by atoms with Gasteiger partial charge < -0.3 is 5.73 Å². The van der Waals surface area contributed by atoms with E-state index in [1.54, 1.807) is 0 Å². The van der Waals surface area contributed by atoms with Gasteiger partial charge in [-0.25, -0.2) is 0 Å². The van der Waals surface area contributed by atoms with Crippen molar-refractivity contribution in [3.8, 4) is 0 Å². The SMILES string of the molecule is CC1C2CC3CC1CC(N)(C2)C3C.